The second kappa shape index (κ2) is 8.62. The zero-order chi connectivity index (χ0) is 19.2. The molecule has 0 spiro atoms. The molecule has 2 rings (SSSR count). The van der Waals surface area contributed by atoms with E-state index >= 15 is 0 Å². The molecule has 0 aliphatic heterocycles. The van der Waals surface area contributed by atoms with Crippen LogP contribution in [-0.4, -0.2) is 23.8 Å². The minimum Gasteiger partial charge on any atom is -0.497 e. The van der Waals surface area contributed by atoms with Gasteiger partial charge in [-0.05, 0) is 44.5 Å². The summed E-state index contributed by atoms with van der Waals surface area (Å²) in [7, 11) is 1.61. The molecule has 1 aromatic heterocycles. The van der Waals surface area contributed by atoms with Gasteiger partial charge in [0.25, 0.3) is 0 Å². The number of benzene rings is 1. The highest BCUT2D eigenvalue weighted by atomic mass is 19.1. The van der Waals surface area contributed by atoms with E-state index in [0.29, 0.717) is 6.54 Å². The van der Waals surface area contributed by atoms with E-state index in [1.165, 1.54) is 12.3 Å². The van der Waals surface area contributed by atoms with E-state index in [2.05, 4.69) is 15.6 Å². The third-order valence-corrected chi connectivity index (χ3v) is 3.41. The summed E-state index contributed by atoms with van der Waals surface area (Å²) >= 11 is 0. The predicted molar refractivity (Wildman–Crippen MR) is 97.6 cm³/mol. The van der Waals surface area contributed by atoms with Crippen LogP contribution in [0.1, 0.15) is 31.9 Å². The Balaban J connectivity index is 2.00. The molecule has 0 aliphatic carbocycles. The van der Waals surface area contributed by atoms with Crippen molar-refractivity contribution in [2.75, 3.05) is 12.4 Å². The highest BCUT2D eigenvalue weighted by Crippen LogP contribution is 2.18. The smallest absolute Gasteiger partial charge is 0.413 e. The van der Waals surface area contributed by atoms with Crippen molar-refractivity contribution in [2.45, 2.75) is 39.5 Å². The Morgan fingerprint density at radius 2 is 1.85 bits per heavy atom. The number of anilines is 1. The van der Waals surface area contributed by atoms with E-state index in [1.807, 2.05) is 24.3 Å². The average molecular weight is 361 g/mol. The summed E-state index contributed by atoms with van der Waals surface area (Å²) in [6.07, 6.45) is 0.627. The SMILES string of the molecule is COc1ccc(CNCc2c(F)ccnc2NC(=O)OC(C)(C)C)cc1. The summed E-state index contributed by atoms with van der Waals surface area (Å²) < 4.78 is 24.5. The zero-order valence-corrected chi connectivity index (χ0v) is 15.4. The molecule has 0 aliphatic rings. The van der Waals surface area contributed by atoms with Gasteiger partial charge in [0, 0.05) is 24.8 Å². The number of ether oxygens (including phenoxy) is 2. The van der Waals surface area contributed by atoms with Crippen LogP contribution in [-0.2, 0) is 17.8 Å². The molecule has 26 heavy (non-hydrogen) atoms. The van der Waals surface area contributed by atoms with E-state index in [-0.39, 0.29) is 17.9 Å². The molecule has 1 aromatic carbocycles. The first-order chi connectivity index (χ1) is 12.3. The number of halogens is 1. The molecule has 0 atom stereocenters. The Labute approximate surface area is 152 Å². The van der Waals surface area contributed by atoms with Crippen LogP contribution in [0.5, 0.6) is 5.75 Å². The van der Waals surface area contributed by atoms with Crippen LogP contribution in [0.3, 0.4) is 0 Å². The number of hydrogen-bond donors (Lipinski definition) is 2. The number of amides is 1. The van der Waals surface area contributed by atoms with Crippen molar-refractivity contribution in [3.63, 3.8) is 0 Å². The number of carbonyl (C=O) groups is 1. The first kappa shape index (κ1) is 19.7. The lowest BCUT2D eigenvalue weighted by atomic mass is 10.2. The van der Waals surface area contributed by atoms with E-state index in [1.54, 1.807) is 27.9 Å². The molecule has 1 heterocycles. The third-order valence-electron chi connectivity index (χ3n) is 3.41. The Morgan fingerprint density at radius 3 is 2.46 bits per heavy atom. The molecule has 0 fully saturated rings. The van der Waals surface area contributed by atoms with Crippen LogP contribution in [0, 0.1) is 5.82 Å². The van der Waals surface area contributed by atoms with Gasteiger partial charge >= 0.3 is 6.09 Å². The Hall–Kier alpha value is -2.67. The van der Waals surface area contributed by atoms with Gasteiger partial charge in [0.15, 0.2) is 0 Å². The normalized spacial score (nSPS) is 11.1. The number of nitrogens with one attached hydrogen (secondary N) is 2. The van der Waals surface area contributed by atoms with Gasteiger partial charge in [-0.15, -0.1) is 0 Å². The molecule has 0 bridgehead atoms. The van der Waals surface area contributed by atoms with Crippen LogP contribution in [0.4, 0.5) is 15.0 Å². The molecule has 0 saturated carbocycles. The van der Waals surface area contributed by atoms with Gasteiger partial charge < -0.3 is 14.8 Å². The number of pyridine rings is 1. The van der Waals surface area contributed by atoms with Crippen molar-refractivity contribution in [1.82, 2.24) is 10.3 Å². The predicted octanol–water partition coefficient (Wildman–Crippen LogP) is 3.87. The van der Waals surface area contributed by atoms with Crippen LogP contribution in [0.15, 0.2) is 36.5 Å². The molecule has 7 heteroatoms. The zero-order valence-electron chi connectivity index (χ0n) is 15.4. The van der Waals surface area contributed by atoms with E-state index < -0.39 is 17.5 Å². The van der Waals surface area contributed by atoms with Gasteiger partial charge in [-0.25, -0.2) is 14.2 Å². The largest absolute Gasteiger partial charge is 0.497 e. The quantitative estimate of drug-likeness (QED) is 0.817. The van der Waals surface area contributed by atoms with Crippen molar-refractivity contribution in [3.05, 3.63) is 53.5 Å². The maximum atomic E-state index is 14.2. The summed E-state index contributed by atoms with van der Waals surface area (Å²) in [4.78, 5) is 16.0. The Bertz CT molecular complexity index is 743. The van der Waals surface area contributed by atoms with Crippen molar-refractivity contribution in [2.24, 2.45) is 0 Å². The van der Waals surface area contributed by atoms with Gasteiger partial charge in [0.2, 0.25) is 0 Å². The number of carbonyl (C=O) groups excluding carboxylic acids is 1. The van der Waals surface area contributed by atoms with Gasteiger partial charge in [0.05, 0.1) is 7.11 Å². The third kappa shape index (κ3) is 6.00. The van der Waals surface area contributed by atoms with E-state index in [4.69, 9.17) is 9.47 Å². The van der Waals surface area contributed by atoms with Gasteiger partial charge in [0.1, 0.15) is 23.0 Å². The lowest BCUT2D eigenvalue weighted by Gasteiger charge is -2.20. The first-order valence-corrected chi connectivity index (χ1v) is 8.25. The molecule has 0 saturated heterocycles. The highest BCUT2D eigenvalue weighted by Gasteiger charge is 2.19. The summed E-state index contributed by atoms with van der Waals surface area (Å²) in [5.74, 6) is 0.464. The minimum absolute atomic E-state index is 0.140. The fourth-order valence-electron chi connectivity index (χ4n) is 2.22. The van der Waals surface area contributed by atoms with Crippen molar-refractivity contribution in [3.8, 4) is 5.75 Å². The average Bonchev–Trinajstić information content (AvgIpc) is 2.56. The number of rotatable bonds is 6. The maximum absolute atomic E-state index is 14.2. The number of nitrogens with zero attached hydrogens (tertiary/aromatic N) is 1. The van der Waals surface area contributed by atoms with Gasteiger partial charge in [-0.3, -0.25) is 5.32 Å². The second-order valence-corrected chi connectivity index (χ2v) is 6.70. The van der Waals surface area contributed by atoms with E-state index in [0.717, 1.165) is 11.3 Å². The van der Waals surface area contributed by atoms with E-state index in [9.17, 15) is 9.18 Å². The summed E-state index contributed by atoms with van der Waals surface area (Å²) in [5.41, 5.74) is 0.646. The Kier molecular flexibility index (Phi) is 6.52. The van der Waals surface area contributed by atoms with Crippen molar-refractivity contribution >= 4 is 11.9 Å². The van der Waals surface area contributed by atoms with Crippen LogP contribution < -0.4 is 15.4 Å². The number of methoxy groups -OCH3 is 1. The molecule has 0 unspecified atom stereocenters. The first-order valence-electron chi connectivity index (χ1n) is 8.25. The topological polar surface area (TPSA) is 72.5 Å². The summed E-state index contributed by atoms with van der Waals surface area (Å²) in [6.45, 7) is 6.00. The standard InChI is InChI=1S/C19H24FN3O3/c1-19(2,3)26-18(24)23-17-15(16(20)9-10-22-17)12-21-11-13-5-7-14(25-4)8-6-13/h5-10,21H,11-12H2,1-4H3,(H,22,23,24). The lowest BCUT2D eigenvalue weighted by Crippen LogP contribution is -2.28. The van der Waals surface area contributed by atoms with Crippen LogP contribution >= 0.6 is 0 Å². The van der Waals surface area contributed by atoms with Crippen LogP contribution in [0.2, 0.25) is 0 Å². The van der Waals surface area contributed by atoms with Gasteiger partial charge in [-0.2, -0.15) is 0 Å². The summed E-state index contributed by atoms with van der Waals surface area (Å²) in [5, 5.41) is 5.65. The molecular formula is C19H24FN3O3. The molecule has 6 nitrogen and oxygen atoms in total. The molecule has 2 N–H and O–H groups in total. The molecular weight excluding hydrogens is 337 g/mol. The van der Waals surface area contributed by atoms with Crippen molar-refractivity contribution in [1.29, 1.82) is 0 Å². The maximum Gasteiger partial charge on any atom is 0.413 e. The molecule has 140 valence electrons. The molecule has 0 radical (unpaired) electrons. The highest BCUT2D eigenvalue weighted by molar-refractivity contribution is 5.84. The fourth-order valence-corrected chi connectivity index (χ4v) is 2.22. The molecule has 2 aromatic rings. The fraction of sp³-hybridized carbons (Fsp3) is 0.368. The molecule has 1 amide bonds. The van der Waals surface area contributed by atoms with Gasteiger partial charge in [-0.1, -0.05) is 12.1 Å². The number of hydrogen-bond acceptors (Lipinski definition) is 5. The second-order valence-electron chi connectivity index (χ2n) is 6.70. The number of aromatic nitrogens is 1. The summed E-state index contributed by atoms with van der Waals surface area (Å²) in [6, 6.07) is 8.82. The lowest BCUT2D eigenvalue weighted by molar-refractivity contribution is 0.0635. The monoisotopic (exact) mass is 361 g/mol. The van der Waals surface area contributed by atoms with Crippen LogP contribution in [0.25, 0.3) is 0 Å². The minimum atomic E-state index is -0.674. The van der Waals surface area contributed by atoms with Crippen molar-refractivity contribution < 1.29 is 18.7 Å². The Morgan fingerprint density at radius 1 is 1.15 bits per heavy atom.